The molecule has 104 valence electrons. The zero-order valence-corrected chi connectivity index (χ0v) is 12.8. The highest BCUT2D eigenvalue weighted by atomic mass is 35.5. The van der Waals surface area contributed by atoms with E-state index in [1.807, 2.05) is 26.8 Å². The second-order valence-corrected chi connectivity index (χ2v) is 6.69. The van der Waals surface area contributed by atoms with Gasteiger partial charge in [-0.3, -0.25) is 0 Å². The maximum Gasteiger partial charge on any atom is 0.242 e. The third kappa shape index (κ3) is 3.69. The number of hydrogen-bond acceptors (Lipinski definition) is 3. The largest absolute Gasteiger partial charge is 0.242 e. The Hall–Kier alpha value is -1.09. The zero-order chi connectivity index (χ0) is 14.7. The normalized spacial score (nSPS) is 12.2. The van der Waals surface area contributed by atoms with Crippen LogP contribution in [0.2, 0.25) is 5.02 Å². The van der Waals surface area contributed by atoms with Crippen molar-refractivity contribution in [3.63, 3.8) is 0 Å². The lowest BCUT2D eigenvalue weighted by atomic mass is 9.98. The predicted octanol–water partition coefficient (Wildman–Crippen LogP) is 3.07. The van der Waals surface area contributed by atoms with E-state index < -0.39 is 15.6 Å². The zero-order valence-electron chi connectivity index (χ0n) is 11.2. The summed E-state index contributed by atoms with van der Waals surface area (Å²) in [6, 6.07) is 6.07. The van der Waals surface area contributed by atoms with Crippen LogP contribution in [0.15, 0.2) is 23.1 Å². The van der Waals surface area contributed by atoms with Gasteiger partial charge in [-0.05, 0) is 38.0 Å². The van der Waals surface area contributed by atoms with E-state index in [-0.39, 0.29) is 9.92 Å². The molecule has 0 aliphatic carbocycles. The van der Waals surface area contributed by atoms with E-state index in [1.54, 1.807) is 0 Å². The van der Waals surface area contributed by atoms with E-state index in [2.05, 4.69) is 4.72 Å². The van der Waals surface area contributed by atoms with Crippen LogP contribution >= 0.6 is 11.6 Å². The lowest BCUT2D eigenvalue weighted by Crippen LogP contribution is -2.44. The second kappa shape index (κ2) is 5.91. The first-order valence-electron chi connectivity index (χ1n) is 6.01. The number of halogens is 1. The molecular weight excluding hydrogens is 284 g/mol. The van der Waals surface area contributed by atoms with Crippen molar-refractivity contribution in [1.29, 1.82) is 5.26 Å². The van der Waals surface area contributed by atoms with E-state index in [0.717, 1.165) is 0 Å². The summed E-state index contributed by atoms with van der Waals surface area (Å²) in [6.45, 7) is 5.70. The SMILES string of the molecule is CCC(C)(CC)NS(=O)(=O)c1ccc(C#N)cc1Cl. The predicted molar refractivity (Wildman–Crippen MR) is 75.5 cm³/mol. The molecule has 1 rings (SSSR count). The molecule has 4 nitrogen and oxygen atoms in total. The van der Waals surface area contributed by atoms with Crippen molar-refractivity contribution in [1.82, 2.24) is 4.72 Å². The highest BCUT2D eigenvalue weighted by Crippen LogP contribution is 2.25. The Morgan fingerprint density at radius 2 is 1.95 bits per heavy atom. The first kappa shape index (κ1) is 16.0. The number of rotatable bonds is 5. The summed E-state index contributed by atoms with van der Waals surface area (Å²) in [5.74, 6) is 0. The highest BCUT2D eigenvalue weighted by molar-refractivity contribution is 7.89. The van der Waals surface area contributed by atoms with Gasteiger partial charge in [-0.2, -0.15) is 5.26 Å². The summed E-state index contributed by atoms with van der Waals surface area (Å²) in [5, 5.41) is 8.80. The number of benzene rings is 1. The third-order valence-corrected chi connectivity index (χ3v) is 5.41. The molecule has 0 saturated heterocycles. The first-order valence-corrected chi connectivity index (χ1v) is 7.87. The monoisotopic (exact) mass is 300 g/mol. The van der Waals surface area contributed by atoms with Crippen LogP contribution in [0.1, 0.15) is 39.2 Å². The Morgan fingerprint density at radius 3 is 2.37 bits per heavy atom. The fourth-order valence-corrected chi connectivity index (χ4v) is 3.66. The molecule has 1 N–H and O–H groups in total. The van der Waals surface area contributed by atoms with Crippen molar-refractivity contribution in [3.8, 4) is 6.07 Å². The van der Waals surface area contributed by atoms with Crippen LogP contribution in [-0.2, 0) is 10.0 Å². The smallest absolute Gasteiger partial charge is 0.207 e. The molecule has 0 spiro atoms. The molecule has 0 aliphatic rings. The Bertz CT molecular complexity index is 602. The standard InChI is InChI=1S/C13H17ClN2O2S/c1-4-13(3,5-2)16-19(17,18)12-7-6-10(9-15)8-11(12)14/h6-8,16H,4-5H2,1-3H3. The number of nitrogens with zero attached hydrogens (tertiary/aromatic N) is 1. The van der Waals surface area contributed by atoms with Crippen LogP contribution < -0.4 is 4.72 Å². The summed E-state index contributed by atoms with van der Waals surface area (Å²) in [5.41, 5.74) is -0.173. The van der Waals surface area contributed by atoms with Crippen molar-refractivity contribution in [2.75, 3.05) is 0 Å². The minimum Gasteiger partial charge on any atom is -0.207 e. The molecule has 0 fully saturated rings. The number of hydrogen-bond donors (Lipinski definition) is 1. The molecule has 0 aromatic heterocycles. The van der Waals surface area contributed by atoms with Crippen LogP contribution in [0.3, 0.4) is 0 Å². The van der Waals surface area contributed by atoms with Crippen LogP contribution in [0.4, 0.5) is 0 Å². The van der Waals surface area contributed by atoms with Crippen molar-refractivity contribution in [3.05, 3.63) is 28.8 Å². The maximum absolute atomic E-state index is 12.3. The minimum absolute atomic E-state index is 0.00120. The summed E-state index contributed by atoms with van der Waals surface area (Å²) >= 11 is 5.94. The van der Waals surface area contributed by atoms with Gasteiger partial charge in [0.25, 0.3) is 0 Å². The fraction of sp³-hybridized carbons (Fsp3) is 0.462. The van der Waals surface area contributed by atoms with Crippen molar-refractivity contribution < 1.29 is 8.42 Å². The molecule has 0 saturated carbocycles. The van der Waals surface area contributed by atoms with Crippen LogP contribution in [0, 0.1) is 11.3 Å². The van der Waals surface area contributed by atoms with E-state index in [4.69, 9.17) is 16.9 Å². The van der Waals surface area contributed by atoms with Gasteiger partial charge < -0.3 is 0 Å². The molecule has 0 aliphatic heterocycles. The van der Waals surface area contributed by atoms with Crippen LogP contribution in [0.25, 0.3) is 0 Å². The van der Waals surface area contributed by atoms with Gasteiger partial charge in [-0.15, -0.1) is 0 Å². The highest BCUT2D eigenvalue weighted by Gasteiger charge is 2.28. The number of nitriles is 1. The van der Waals surface area contributed by atoms with E-state index in [0.29, 0.717) is 18.4 Å². The van der Waals surface area contributed by atoms with Crippen LogP contribution in [0.5, 0.6) is 0 Å². The molecular formula is C13H17ClN2O2S. The quantitative estimate of drug-likeness (QED) is 0.908. The van der Waals surface area contributed by atoms with Gasteiger partial charge in [0.15, 0.2) is 0 Å². The third-order valence-electron chi connectivity index (χ3n) is 3.29. The Labute approximate surface area is 119 Å². The summed E-state index contributed by atoms with van der Waals surface area (Å²) in [7, 11) is -3.69. The van der Waals surface area contributed by atoms with Gasteiger partial charge in [0.05, 0.1) is 16.7 Å². The fourth-order valence-electron chi connectivity index (χ4n) is 1.56. The Kier molecular flexibility index (Phi) is 4.97. The van der Waals surface area contributed by atoms with Crippen molar-refractivity contribution in [2.24, 2.45) is 0 Å². The summed E-state index contributed by atoms with van der Waals surface area (Å²) < 4.78 is 27.3. The lowest BCUT2D eigenvalue weighted by Gasteiger charge is -2.28. The molecule has 19 heavy (non-hydrogen) atoms. The van der Waals surface area contributed by atoms with Gasteiger partial charge in [-0.25, -0.2) is 13.1 Å². The molecule has 0 bridgehead atoms. The van der Waals surface area contributed by atoms with Crippen LogP contribution in [-0.4, -0.2) is 14.0 Å². The Balaban J connectivity index is 3.19. The topological polar surface area (TPSA) is 70.0 Å². The summed E-state index contributed by atoms with van der Waals surface area (Å²) in [6.07, 6.45) is 1.35. The lowest BCUT2D eigenvalue weighted by molar-refractivity contribution is 0.388. The molecule has 1 aromatic carbocycles. The number of nitrogens with one attached hydrogen (secondary N) is 1. The molecule has 0 radical (unpaired) electrons. The molecule has 0 amide bonds. The first-order chi connectivity index (χ1) is 8.78. The van der Waals surface area contributed by atoms with Gasteiger partial charge in [-0.1, -0.05) is 25.4 Å². The van der Waals surface area contributed by atoms with Gasteiger partial charge >= 0.3 is 0 Å². The van der Waals surface area contributed by atoms with Gasteiger partial charge in [0, 0.05) is 5.54 Å². The second-order valence-electron chi connectivity index (χ2n) is 4.63. The minimum atomic E-state index is -3.69. The molecule has 0 heterocycles. The molecule has 1 aromatic rings. The van der Waals surface area contributed by atoms with E-state index in [9.17, 15) is 8.42 Å². The maximum atomic E-state index is 12.3. The van der Waals surface area contributed by atoms with Gasteiger partial charge in [0.2, 0.25) is 10.0 Å². The average molecular weight is 301 g/mol. The van der Waals surface area contributed by atoms with Crippen molar-refractivity contribution >= 4 is 21.6 Å². The van der Waals surface area contributed by atoms with E-state index >= 15 is 0 Å². The molecule has 6 heteroatoms. The Morgan fingerprint density at radius 1 is 1.37 bits per heavy atom. The molecule has 0 unspecified atom stereocenters. The van der Waals surface area contributed by atoms with Crippen molar-refractivity contribution in [2.45, 2.75) is 44.0 Å². The summed E-state index contributed by atoms with van der Waals surface area (Å²) in [4.78, 5) is 0.00120. The molecule has 0 atom stereocenters. The average Bonchev–Trinajstić information content (AvgIpc) is 2.37. The number of sulfonamides is 1. The van der Waals surface area contributed by atoms with Gasteiger partial charge in [0.1, 0.15) is 4.90 Å². The van der Waals surface area contributed by atoms with E-state index in [1.165, 1.54) is 18.2 Å².